The van der Waals surface area contributed by atoms with Crippen LogP contribution in [0.5, 0.6) is 0 Å². The molecule has 0 aliphatic rings. The van der Waals surface area contributed by atoms with Gasteiger partial charge in [0.25, 0.3) is 0 Å². The molecule has 2 N–H and O–H groups in total. The Labute approximate surface area is 104 Å². The highest BCUT2D eigenvalue weighted by atomic mass is 32.1. The van der Waals surface area contributed by atoms with E-state index in [1.807, 2.05) is 11.4 Å². The lowest BCUT2D eigenvalue weighted by molar-refractivity contribution is 0.0697. The van der Waals surface area contributed by atoms with Crippen molar-refractivity contribution in [2.45, 2.75) is 13.0 Å². The van der Waals surface area contributed by atoms with Crippen molar-refractivity contribution in [3.63, 3.8) is 0 Å². The Morgan fingerprint density at radius 3 is 2.88 bits per heavy atom. The number of aromatic carboxylic acids is 1. The average molecular weight is 247 g/mol. The second kappa shape index (κ2) is 5.01. The van der Waals surface area contributed by atoms with Crippen molar-refractivity contribution in [1.82, 2.24) is 0 Å². The highest BCUT2D eigenvalue weighted by Crippen LogP contribution is 2.21. The van der Waals surface area contributed by atoms with E-state index in [1.165, 1.54) is 5.56 Å². The zero-order valence-corrected chi connectivity index (χ0v) is 10.2. The van der Waals surface area contributed by atoms with Crippen LogP contribution in [-0.4, -0.2) is 11.1 Å². The minimum absolute atomic E-state index is 0.172. The van der Waals surface area contributed by atoms with Crippen LogP contribution < -0.4 is 5.32 Å². The number of hydrogen-bond donors (Lipinski definition) is 2. The fourth-order valence-electron chi connectivity index (χ4n) is 1.60. The first-order valence-electron chi connectivity index (χ1n) is 5.29. The van der Waals surface area contributed by atoms with E-state index in [2.05, 4.69) is 23.7 Å². The summed E-state index contributed by atoms with van der Waals surface area (Å²) in [7, 11) is 0. The predicted octanol–water partition coefficient (Wildman–Crippen LogP) is 3.62. The third kappa shape index (κ3) is 2.85. The Balaban J connectivity index is 2.13. The number of hydrogen-bond acceptors (Lipinski definition) is 3. The molecule has 0 aliphatic heterocycles. The lowest BCUT2D eigenvalue weighted by atomic mass is 10.1. The zero-order valence-electron chi connectivity index (χ0n) is 9.38. The van der Waals surface area contributed by atoms with Gasteiger partial charge in [0.15, 0.2) is 0 Å². The molecule has 17 heavy (non-hydrogen) atoms. The van der Waals surface area contributed by atoms with Crippen molar-refractivity contribution in [3.8, 4) is 0 Å². The Kier molecular flexibility index (Phi) is 3.44. The van der Waals surface area contributed by atoms with Crippen LogP contribution in [-0.2, 0) is 0 Å². The highest BCUT2D eigenvalue weighted by Gasteiger charge is 2.07. The molecule has 0 radical (unpaired) electrons. The SMILES string of the molecule is CC(Nc1cccc(C(=O)O)c1)c1ccsc1. The molecule has 0 saturated carbocycles. The van der Waals surface area contributed by atoms with Gasteiger partial charge in [0, 0.05) is 11.7 Å². The minimum Gasteiger partial charge on any atom is -0.478 e. The van der Waals surface area contributed by atoms with E-state index in [9.17, 15) is 4.79 Å². The number of anilines is 1. The van der Waals surface area contributed by atoms with Gasteiger partial charge in [-0.3, -0.25) is 0 Å². The van der Waals surface area contributed by atoms with Crippen molar-refractivity contribution in [1.29, 1.82) is 0 Å². The van der Waals surface area contributed by atoms with Crippen molar-refractivity contribution >= 4 is 23.0 Å². The third-order valence-corrected chi connectivity index (χ3v) is 3.24. The van der Waals surface area contributed by atoms with Crippen LogP contribution in [0.25, 0.3) is 0 Å². The molecule has 0 aliphatic carbocycles. The summed E-state index contributed by atoms with van der Waals surface area (Å²) in [5.74, 6) is -0.906. The molecule has 88 valence electrons. The van der Waals surface area contributed by atoms with E-state index < -0.39 is 5.97 Å². The van der Waals surface area contributed by atoms with Gasteiger partial charge in [-0.25, -0.2) is 4.79 Å². The summed E-state index contributed by atoms with van der Waals surface area (Å²) in [6.07, 6.45) is 0. The Bertz CT molecular complexity index is 508. The van der Waals surface area contributed by atoms with E-state index >= 15 is 0 Å². The fourth-order valence-corrected chi connectivity index (χ4v) is 2.35. The number of thiophene rings is 1. The number of carboxylic acid groups (broad SMARTS) is 1. The van der Waals surface area contributed by atoms with Crippen LogP contribution >= 0.6 is 11.3 Å². The summed E-state index contributed by atoms with van der Waals surface area (Å²) >= 11 is 1.65. The van der Waals surface area contributed by atoms with Gasteiger partial charge >= 0.3 is 5.97 Å². The molecular weight excluding hydrogens is 234 g/mol. The normalized spacial score (nSPS) is 12.1. The summed E-state index contributed by atoms with van der Waals surface area (Å²) in [4.78, 5) is 10.8. The third-order valence-electron chi connectivity index (χ3n) is 2.54. The molecule has 0 fully saturated rings. The molecular formula is C13H13NO2S. The van der Waals surface area contributed by atoms with Crippen LogP contribution in [0.2, 0.25) is 0 Å². The van der Waals surface area contributed by atoms with E-state index in [4.69, 9.17) is 5.11 Å². The maximum absolute atomic E-state index is 10.8. The van der Waals surface area contributed by atoms with Crippen LogP contribution in [0.4, 0.5) is 5.69 Å². The molecule has 0 bridgehead atoms. The summed E-state index contributed by atoms with van der Waals surface area (Å²) in [5.41, 5.74) is 2.33. The standard InChI is InChI=1S/C13H13NO2S/c1-9(11-5-6-17-8-11)14-12-4-2-3-10(7-12)13(15)16/h2-9,14H,1H3,(H,15,16). The lowest BCUT2D eigenvalue weighted by Crippen LogP contribution is -2.06. The van der Waals surface area contributed by atoms with Gasteiger partial charge in [-0.1, -0.05) is 6.07 Å². The number of nitrogens with one attached hydrogen (secondary N) is 1. The topological polar surface area (TPSA) is 49.3 Å². The Morgan fingerprint density at radius 1 is 1.41 bits per heavy atom. The number of carbonyl (C=O) groups is 1. The smallest absolute Gasteiger partial charge is 0.335 e. The first-order chi connectivity index (χ1) is 8.16. The molecule has 1 unspecified atom stereocenters. The van der Waals surface area contributed by atoms with Gasteiger partial charge in [0.1, 0.15) is 0 Å². The van der Waals surface area contributed by atoms with Crippen molar-refractivity contribution < 1.29 is 9.90 Å². The van der Waals surface area contributed by atoms with Crippen LogP contribution in [0, 0.1) is 0 Å². The van der Waals surface area contributed by atoms with Gasteiger partial charge in [-0.2, -0.15) is 11.3 Å². The van der Waals surface area contributed by atoms with E-state index in [-0.39, 0.29) is 6.04 Å². The molecule has 0 saturated heterocycles. The Hall–Kier alpha value is -1.81. The van der Waals surface area contributed by atoms with Crippen molar-refractivity contribution in [3.05, 3.63) is 52.2 Å². The Morgan fingerprint density at radius 2 is 2.24 bits per heavy atom. The molecule has 2 aromatic rings. The molecule has 1 aromatic carbocycles. The van der Waals surface area contributed by atoms with E-state index in [0.717, 1.165) is 5.69 Å². The van der Waals surface area contributed by atoms with Gasteiger partial charge < -0.3 is 10.4 Å². The first kappa shape index (κ1) is 11.7. The molecule has 0 amide bonds. The van der Waals surface area contributed by atoms with E-state index in [0.29, 0.717) is 5.56 Å². The van der Waals surface area contributed by atoms with Gasteiger partial charge in [-0.05, 0) is 47.5 Å². The van der Waals surface area contributed by atoms with Crippen LogP contribution in [0.1, 0.15) is 28.9 Å². The molecule has 1 atom stereocenters. The molecule has 3 nitrogen and oxygen atoms in total. The number of benzene rings is 1. The summed E-state index contributed by atoms with van der Waals surface area (Å²) in [6, 6.07) is 9.07. The number of rotatable bonds is 4. The van der Waals surface area contributed by atoms with Crippen LogP contribution in [0.3, 0.4) is 0 Å². The fraction of sp³-hybridized carbons (Fsp3) is 0.154. The molecule has 1 aromatic heterocycles. The minimum atomic E-state index is -0.906. The molecule has 0 spiro atoms. The van der Waals surface area contributed by atoms with Crippen molar-refractivity contribution in [2.24, 2.45) is 0 Å². The summed E-state index contributed by atoms with van der Waals surface area (Å²) in [6.45, 7) is 2.05. The maximum atomic E-state index is 10.8. The summed E-state index contributed by atoms with van der Waals surface area (Å²) < 4.78 is 0. The second-order valence-corrected chi connectivity index (χ2v) is 4.59. The monoisotopic (exact) mass is 247 g/mol. The van der Waals surface area contributed by atoms with Crippen molar-refractivity contribution in [2.75, 3.05) is 5.32 Å². The van der Waals surface area contributed by atoms with Gasteiger partial charge in [0.05, 0.1) is 5.56 Å². The zero-order chi connectivity index (χ0) is 12.3. The van der Waals surface area contributed by atoms with Crippen LogP contribution in [0.15, 0.2) is 41.1 Å². The quantitative estimate of drug-likeness (QED) is 0.867. The average Bonchev–Trinajstić information content (AvgIpc) is 2.82. The van der Waals surface area contributed by atoms with E-state index in [1.54, 1.807) is 29.5 Å². The molecule has 2 rings (SSSR count). The molecule has 4 heteroatoms. The second-order valence-electron chi connectivity index (χ2n) is 3.81. The molecule has 1 heterocycles. The number of carboxylic acids is 1. The van der Waals surface area contributed by atoms with Gasteiger partial charge in [-0.15, -0.1) is 0 Å². The maximum Gasteiger partial charge on any atom is 0.335 e. The lowest BCUT2D eigenvalue weighted by Gasteiger charge is -2.14. The highest BCUT2D eigenvalue weighted by molar-refractivity contribution is 7.07. The first-order valence-corrected chi connectivity index (χ1v) is 6.23. The summed E-state index contributed by atoms with van der Waals surface area (Å²) in [5, 5.41) is 16.3. The largest absolute Gasteiger partial charge is 0.478 e. The van der Waals surface area contributed by atoms with Gasteiger partial charge in [0.2, 0.25) is 0 Å². The predicted molar refractivity (Wildman–Crippen MR) is 69.8 cm³/mol.